The number of anilines is 1. The van der Waals surface area contributed by atoms with Gasteiger partial charge in [-0.15, -0.1) is 0 Å². The zero-order valence-corrected chi connectivity index (χ0v) is 12.0. The molecule has 0 aromatic heterocycles. The summed E-state index contributed by atoms with van der Waals surface area (Å²) in [5.41, 5.74) is 6.63. The fourth-order valence-corrected chi connectivity index (χ4v) is 2.39. The van der Waals surface area contributed by atoms with Crippen LogP contribution in [0.1, 0.15) is 5.56 Å². The van der Waals surface area contributed by atoms with E-state index in [1.807, 2.05) is 12.1 Å². The van der Waals surface area contributed by atoms with Crippen molar-refractivity contribution in [2.75, 3.05) is 5.73 Å². The lowest BCUT2D eigenvalue weighted by molar-refractivity contribution is 0.306. The third-order valence-corrected chi connectivity index (χ3v) is 3.84. The maximum Gasteiger partial charge on any atom is 0.240 e. The summed E-state index contributed by atoms with van der Waals surface area (Å²) in [7, 11) is -3.82. The summed E-state index contributed by atoms with van der Waals surface area (Å²) in [6.07, 6.45) is 0. The molecule has 0 saturated heterocycles. The Bertz CT molecular complexity index is 715. The number of primary sulfonamides is 1. The number of hydrogen-bond acceptors (Lipinski definition) is 4. The highest BCUT2D eigenvalue weighted by molar-refractivity contribution is 7.89. The van der Waals surface area contributed by atoms with Gasteiger partial charge < -0.3 is 10.5 Å². The molecule has 0 bridgehead atoms. The molecule has 7 heteroatoms. The van der Waals surface area contributed by atoms with Crippen LogP contribution in [-0.2, 0) is 16.6 Å². The Morgan fingerprint density at radius 1 is 1.10 bits per heavy atom. The van der Waals surface area contributed by atoms with Gasteiger partial charge in [-0.3, -0.25) is 0 Å². The fourth-order valence-electron chi connectivity index (χ4n) is 1.62. The molecule has 20 heavy (non-hydrogen) atoms. The van der Waals surface area contributed by atoms with E-state index in [4.69, 9.17) is 27.2 Å². The van der Waals surface area contributed by atoms with Crippen LogP contribution in [0.4, 0.5) is 5.69 Å². The molecule has 5 nitrogen and oxygen atoms in total. The zero-order valence-electron chi connectivity index (χ0n) is 10.4. The van der Waals surface area contributed by atoms with Gasteiger partial charge in [-0.05, 0) is 29.8 Å². The number of benzene rings is 2. The molecule has 106 valence electrons. The highest BCUT2D eigenvalue weighted by Gasteiger charge is 2.12. The monoisotopic (exact) mass is 312 g/mol. The Morgan fingerprint density at radius 3 is 2.30 bits per heavy atom. The topological polar surface area (TPSA) is 95.4 Å². The van der Waals surface area contributed by atoms with Crippen LogP contribution in [-0.4, -0.2) is 8.42 Å². The van der Waals surface area contributed by atoms with Gasteiger partial charge in [0.15, 0.2) is 0 Å². The third-order valence-electron chi connectivity index (χ3n) is 2.61. The van der Waals surface area contributed by atoms with Gasteiger partial charge in [0.25, 0.3) is 0 Å². The molecular formula is C13H13ClN2O3S. The van der Waals surface area contributed by atoms with E-state index >= 15 is 0 Å². The third kappa shape index (κ3) is 3.63. The van der Waals surface area contributed by atoms with E-state index in [2.05, 4.69) is 0 Å². The lowest BCUT2D eigenvalue weighted by Gasteiger charge is -2.09. The minimum atomic E-state index is -3.82. The van der Waals surface area contributed by atoms with E-state index in [1.54, 1.807) is 12.1 Å². The molecule has 2 aromatic rings. The van der Waals surface area contributed by atoms with Gasteiger partial charge in [-0.1, -0.05) is 23.7 Å². The SMILES string of the molecule is Nc1cc(OCc2ccc(Cl)cc2)ccc1S(N)(=O)=O. The molecule has 0 radical (unpaired) electrons. The molecule has 0 atom stereocenters. The molecule has 0 fully saturated rings. The van der Waals surface area contributed by atoms with Crippen LogP contribution in [0, 0.1) is 0 Å². The van der Waals surface area contributed by atoms with Crippen LogP contribution < -0.4 is 15.6 Å². The molecule has 2 aromatic carbocycles. The molecule has 4 N–H and O–H groups in total. The Labute approximate surface area is 122 Å². The van der Waals surface area contributed by atoms with Gasteiger partial charge in [-0.25, -0.2) is 13.6 Å². The van der Waals surface area contributed by atoms with Crippen molar-refractivity contribution in [3.63, 3.8) is 0 Å². The predicted octanol–water partition coefficient (Wildman–Crippen LogP) is 2.15. The molecule has 0 unspecified atom stereocenters. The number of nitrogen functional groups attached to an aromatic ring is 1. The molecule has 0 aliphatic heterocycles. The van der Waals surface area contributed by atoms with Crippen LogP contribution in [0.2, 0.25) is 5.02 Å². The summed E-state index contributed by atoms with van der Waals surface area (Å²) in [5, 5.41) is 5.67. The van der Waals surface area contributed by atoms with E-state index in [0.717, 1.165) is 5.56 Å². The first kappa shape index (κ1) is 14.6. The Morgan fingerprint density at radius 2 is 1.75 bits per heavy atom. The van der Waals surface area contributed by atoms with Crippen molar-refractivity contribution >= 4 is 27.3 Å². The molecule has 0 amide bonds. The van der Waals surface area contributed by atoms with Crippen molar-refractivity contribution in [2.24, 2.45) is 5.14 Å². The predicted molar refractivity (Wildman–Crippen MR) is 78.0 cm³/mol. The molecule has 0 aliphatic carbocycles. The highest BCUT2D eigenvalue weighted by atomic mass is 35.5. The lowest BCUT2D eigenvalue weighted by Crippen LogP contribution is -2.14. The number of nitrogens with two attached hydrogens (primary N) is 2. The van der Waals surface area contributed by atoms with E-state index in [-0.39, 0.29) is 10.6 Å². The summed E-state index contributed by atoms with van der Waals surface area (Å²) in [5.74, 6) is 0.463. The van der Waals surface area contributed by atoms with Gasteiger partial charge in [0.2, 0.25) is 10.0 Å². The summed E-state index contributed by atoms with van der Waals surface area (Å²) >= 11 is 5.78. The number of ether oxygens (including phenoxy) is 1. The number of hydrogen-bond donors (Lipinski definition) is 2. The van der Waals surface area contributed by atoms with Gasteiger partial charge in [0.1, 0.15) is 17.3 Å². The fraction of sp³-hybridized carbons (Fsp3) is 0.0769. The minimum absolute atomic E-state index is 0.0566. The lowest BCUT2D eigenvalue weighted by atomic mass is 10.2. The van der Waals surface area contributed by atoms with Crippen LogP contribution in [0.5, 0.6) is 5.75 Å². The zero-order chi connectivity index (χ0) is 14.8. The summed E-state index contributed by atoms with van der Waals surface area (Å²) < 4.78 is 28.0. The van der Waals surface area contributed by atoms with Crippen molar-refractivity contribution in [3.05, 3.63) is 53.1 Å². The van der Waals surface area contributed by atoms with Gasteiger partial charge >= 0.3 is 0 Å². The van der Waals surface area contributed by atoms with E-state index in [1.165, 1.54) is 18.2 Å². The first-order valence-corrected chi connectivity index (χ1v) is 7.58. The maximum absolute atomic E-state index is 11.2. The summed E-state index contributed by atoms with van der Waals surface area (Å²) in [6, 6.07) is 11.5. The van der Waals surface area contributed by atoms with E-state index in [9.17, 15) is 8.42 Å². The minimum Gasteiger partial charge on any atom is -0.489 e. The van der Waals surface area contributed by atoms with Crippen molar-refractivity contribution in [1.29, 1.82) is 0 Å². The molecule has 2 rings (SSSR count). The number of sulfonamides is 1. The van der Waals surface area contributed by atoms with Crippen LogP contribution in [0.3, 0.4) is 0 Å². The largest absolute Gasteiger partial charge is 0.489 e. The second-order valence-corrected chi connectivity index (χ2v) is 6.13. The summed E-state index contributed by atoms with van der Waals surface area (Å²) in [6.45, 7) is 0.325. The van der Waals surface area contributed by atoms with E-state index in [0.29, 0.717) is 17.4 Å². The quantitative estimate of drug-likeness (QED) is 0.845. The highest BCUT2D eigenvalue weighted by Crippen LogP contribution is 2.23. The normalized spacial score (nSPS) is 11.3. The average Bonchev–Trinajstić information content (AvgIpc) is 2.36. The van der Waals surface area contributed by atoms with Crippen molar-refractivity contribution in [1.82, 2.24) is 0 Å². The number of rotatable bonds is 4. The second-order valence-electron chi connectivity index (χ2n) is 4.16. The maximum atomic E-state index is 11.2. The first-order chi connectivity index (χ1) is 9.36. The summed E-state index contributed by atoms with van der Waals surface area (Å²) in [4.78, 5) is -0.114. The second kappa shape index (κ2) is 5.70. The standard InChI is InChI=1S/C13H13ClN2O3S/c14-10-3-1-9(2-4-10)8-19-11-5-6-13(12(15)7-11)20(16,17)18/h1-7H,8,15H2,(H2,16,17,18). The van der Waals surface area contributed by atoms with Crippen LogP contribution in [0.15, 0.2) is 47.4 Å². The molecule has 0 saturated carbocycles. The number of halogens is 1. The van der Waals surface area contributed by atoms with Gasteiger partial charge in [-0.2, -0.15) is 0 Å². The van der Waals surface area contributed by atoms with Crippen LogP contribution in [0.25, 0.3) is 0 Å². The first-order valence-electron chi connectivity index (χ1n) is 5.66. The molecular weight excluding hydrogens is 300 g/mol. The van der Waals surface area contributed by atoms with Gasteiger partial charge in [0, 0.05) is 11.1 Å². The molecule has 0 heterocycles. The smallest absolute Gasteiger partial charge is 0.240 e. The van der Waals surface area contributed by atoms with Crippen molar-refractivity contribution in [3.8, 4) is 5.75 Å². The van der Waals surface area contributed by atoms with Crippen molar-refractivity contribution in [2.45, 2.75) is 11.5 Å². The van der Waals surface area contributed by atoms with Crippen molar-refractivity contribution < 1.29 is 13.2 Å². The van der Waals surface area contributed by atoms with Gasteiger partial charge in [0.05, 0.1) is 5.69 Å². The van der Waals surface area contributed by atoms with Crippen LogP contribution >= 0.6 is 11.6 Å². The average molecular weight is 313 g/mol. The molecule has 0 aliphatic rings. The van der Waals surface area contributed by atoms with E-state index < -0.39 is 10.0 Å². The Balaban J connectivity index is 2.11. The molecule has 0 spiro atoms. The Hall–Kier alpha value is -1.76. The Kier molecular flexibility index (Phi) is 4.17.